The highest BCUT2D eigenvalue weighted by atomic mass is 16.4. The Hall–Kier alpha value is -1.01. The van der Waals surface area contributed by atoms with Crippen molar-refractivity contribution in [3.63, 3.8) is 0 Å². The highest BCUT2D eigenvalue weighted by molar-refractivity contribution is 5.86. The summed E-state index contributed by atoms with van der Waals surface area (Å²) >= 11 is 0. The van der Waals surface area contributed by atoms with Crippen LogP contribution in [0.1, 0.15) is 13.8 Å². The molecular weight excluding hydrogens is 142 g/mol. The summed E-state index contributed by atoms with van der Waals surface area (Å²) in [5.41, 5.74) is -0.377. The minimum Gasteiger partial charge on any atom is -0.472 e. The molecule has 0 aromatic heterocycles. The van der Waals surface area contributed by atoms with Crippen LogP contribution in [0.15, 0.2) is 0 Å². The molecule has 0 aromatic rings. The lowest BCUT2D eigenvalue weighted by atomic mass is 10.1. The number of aliphatic carboxylic acids is 1. The summed E-state index contributed by atoms with van der Waals surface area (Å²) in [5, 5.41) is 8.27. The average molecular weight is 155 g/mol. The lowest BCUT2D eigenvalue weighted by Crippen LogP contribution is -2.36. The molecule has 1 N–H and O–H groups in total. The van der Waals surface area contributed by atoms with E-state index in [0.717, 1.165) is 0 Å². The molecule has 0 aromatic carbocycles. The van der Waals surface area contributed by atoms with Crippen LogP contribution >= 0.6 is 0 Å². The van der Waals surface area contributed by atoms with E-state index in [2.05, 4.69) is 11.8 Å². The van der Waals surface area contributed by atoms with Gasteiger partial charge in [0.15, 0.2) is 0 Å². The van der Waals surface area contributed by atoms with Crippen LogP contribution in [0.2, 0.25) is 0 Å². The Balaban J connectivity index is 4.38. The van der Waals surface area contributed by atoms with Crippen LogP contribution in [-0.2, 0) is 4.79 Å². The van der Waals surface area contributed by atoms with Crippen molar-refractivity contribution in [2.24, 2.45) is 0 Å². The van der Waals surface area contributed by atoms with Crippen LogP contribution < -0.4 is 0 Å². The van der Waals surface area contributed by atoms with Gasteiger partial charge in [0.1, 0.15) is 0 Å². The fourth-order valence-electron chi connectivity index (χ4n) is 0.318. The minimum atomic E-state index is -1.08. The summed E-state index contributed by atoms with van der Waals surface area (Å²) in [6, 6.07) is 0. The SMILES string of the molecule is CN(C)C(C)(C)C#CC(=O)O. The first-order valence-electron chi connectivity index (χ1n) is 3.30. The molecule has 0 aliphatic heterocycles. The van der Waals surface area contributed by atoms with Crippen LogP contribution in [0.3, 0.4) is 0 Å². The number of carbonyl (C=O) groups is 1. The van der Waals surface area contributed by atoms with E-state index in [1.165, 1.54) is 0 Å². The number of carboxylic acid groups (broad SMARTS) is 1. The smallest absolute Gasteiger partial charge is 0.381 e. The molecule has 0 radical (unpaired) electrons. The van der Waals surface area contributed by atoms with Crippen molar-refractivity contribution in [1.82, 2.24) is 4.90 Å². The third-order valence-corrected chi connectivity index (χ3v) is 1.59. The summed E-state index contributed by atoms with van der Waals surface area (Å²) in [7, 11) is 3.72. The Bertz CT molecular complexity index is 208. The molecule has 0 atom stereocenters. The minimum absolute atomic E-state index is 0.377. The third kappa shape index (κ3) is 3.64. The van der Waals surface area contributed by atoms with Gasteiger partial charge in [0, 0.05) is 5.92 Å². The first-order valence-corrected chi connectivity index (χ1v) is 3.30. The number of carboxylic acids is 1. The van der Waals surface area contributed by atoms with Crippen molar-refractivity contribution in [1.29, 1.82) is 0 Å². The first kappa shape index (κ1) is 9.99. The normalized spacial score (nSPS) is 10.6. The second-order valence-electron chi connectivity index (χ2n) is 3.01. The van der Waals surface area contributed by atoms with E-state index >= 15 is 0 Å². The zero-order valence-electron chi connectivity index (χ0n) is 7.30. The highest BCUT2D eigenvalue weighted by Crippen LogP contribution is 2.06. The lowest BCUT2D eigenvalue weighted by molar-refractivity contribution is -0.130. The van der Waals surface area contributed by atoms with Crippen LogP contribution in [-0.4, -0.2) is 35.6 Å². The maximum atomic E-state index is 10.1. The van der Waals surface area contributed by atoms with Crippen LogP contribution in [0.5, 0.6) is 0 Å². The predicted octanol–water partition coefficient (Wildman–Crippen LogP) is 0.415. The maximum absolute atomic E-state index is 10.1. The van der Waals surface area contributed by atoms with Gasteiger partial charge in [0.2, 0.25) is 0 Å². The number of rotatable bonds is 1. The molecule has 11 heavy (non-hydrogen) atoms. The van der Waals surface area contributed by atoms with Gasteiger partial charge in [-0.3, -0.25) is 4.90 Å². The van der Waals surface area contributed by atoms with E-state index in [-0.39, 0.29) is 5.54 Å². The Labute approximate surface area is 67.0 Å². The fourth-order valence-corrected chi connectivity index (χ4v) is 0.318. The summed E-state index contributed by atoms with van der Waals surface area (Å²) in [4.78, 5) is 11.9. The Morgan fingerprint density at radius 2 is 1.91 bits per heavy atom. The van der Waals surface area contributed by atoms with Crippen molar-refractivity contribution < 1.29 is 9.90 Å². The third-order valence-electron chi connectivity index (χ3n) is 1.59. The van der Waals surface area contributed by atoms with E-state index in [0.29, 0.717) is 0 Å². The molecule has 0 spiro atoms. The predicted molar refractivity (Wildman–Crippen MR) is 43.2 cm³/mol. The van der Waals surface area contributed by atoms with Crippen molar-refractivity contribution in [3.05, 3.63) is 0 Å². The number of nitrogens with zero attached hydrogens (tertiary/aromatic N) is 1. The standard InChI is InChI=1S/C8H13NO2/c1-8(2,9(3)4)6-5-7(10)11/h1-4H3,(H,10,11). The molecule has 0 unspecified atom stereocenters. The Morgan fingerprint density at radius 1 is 1.45 bits per heavy atom. The largest absolute Gasteiger partial charge is 0.472 e. The topological polar surface area (TPSA) is 40.5 Å². The van der Waals surface area contributed by atoms with Crippen LogP contribution in [0, 0.1) is 11.8 Å². The molecule has 3 nitrogen and oxygen atoms in total. The van der Waals surface area contributed by atoms with Crippen molar-refractivity contribution >= 4 is 5.97 Å². The van der Waals surface area contributed by atoms with Gasteiger partial charge in [-0.15, -0.1) is 0 Å². The van der Waals surface area contributed by atoms with E-state index in [4.69, 9.17) is 5.11 Å². The summed E-state index contributed by atoms with van der Waals surface area (Å²) in [5.74, 6) is 3.64. The number of hydrogen-bond donors (Lipinski definition) is 1. The second kappa shape index (κ2) is 3.40. The molecule has 0 amide bonds. The molecule has 0 saturated carbocycles. The van der Waals surface area contributed by atoms with E-state index in [9.17, 15) is 4.79 Å². The van der Waals surface area contributed by atoms with Crippen molar-refractivity contribution in [2.75, 3.05) is 14.1 Å². The molecule has 0 rings (SSSR count). The van der Waals surface area contributed by atoms with E-state index in [1.54, 1.807) is 0 Å². The van der Waals surface area contributed by atoms with Crippen LogP contribution in [0.25, 0.3) is 0 Å². The van der Waals surface area contributed by atoms with Gasteiger partial charge in [0.25, 0.3) is 0 Å². The van der Waals surface area contributed by atoms with E-state index < -0.39 is 5.97 Å². The summed E-state index contributed by atoms with van der Waals surface area (Å²) in [6.45, 7) is 3.73. The van der Waals surface area contributed by atoms with Crippen molar-refractivity contribution in [2.45, 2.75) is 19.4 Å². The Morgan fingerprint density at radius 3 is 2.18 bits per heavy atom. The maximum Gasteiger partial charge on any atom is 0.381 e. The molecule has 0 fully saturated rings. The quantitative estimate of drug-likeness (QED) is 0.558. The van der Waals surface area contributed by atoms with Gasteiger partial charge in [-0.25, -0.2) is 4.79 Å². The monoisotopic (exact) mass is 155 g/mol. The summed E-state index contributed by atoms with van der Waals surface area (Å²) in [6.07, 6.45) is 0. The van der Waals surface area contributed by atoms with Gasteiger partial charge >= 0.3 is 5.97 Å². The molecule has 0 aliphatic rings. The average Bonchev–Trinajstić information content (AvgIpc) is 1.84. The molecule has 0 aliphatic carbocycles. The summed E-state index contributed by atoms with van der Waals surface area (Å²) < 4.78 is 0. The molecule has 0 bridgehead atoms. The van der Waals surface area contributed by atoms with Gasteiger partial charge < -0.3 is 5.11 Å². The zero-order chi connectivity index (χ0) is 9.07. The second-order valence-corrected chi connectivity index (χ2v) is 3.01. The first-order chi connectivity index (χ1) is 4.86. The molecule has 62 valence electrons. The van der Waals surface area contributed by atoms with Crippen LogP contribution in [0.4, 0.5) is 0 Å². The van der Waals surface area contributed by atoms with Gasteiger partial charge in [-0.1, -0.05) is 5.92 Å². The Kier molecular flexibility index (Phi) is 3.09. The molecule has 0 saturated heterocycles. The molecule has 3 heteroatoms. The van der Waals surface area contributed by atoms with Gasteiger partial charge in [0.05, 0.1) is 5.54 Å². The van der Waals surface area contributed by atoms with Gasteiger partial charge in [-0.2, -0.15) is 0 Å². The zero-order valence-corrected chi connectivity index (χ0v) is 7.30. The van der Waals surface area contributed by atoms with Crippen molar-refractivity contribution in [3.8, 4) is 11.8 Å². The molecule has 0 heterocycles. The van der Waals surface area contributed by atoms with E-state index in [1.807, 2.05) is 32.8 Å². The van der Waals surface area contributed by atoms with Gasteiger partial charge in [-0.05, 0) is 27.9 Å². The lowest BCUT2D eigenvalue weighted by Gasteiger charge is -2.26. The molecular formula is C8H13NO2. The number of hydrogen-bond acceptors (Lipinski definition) is 2. The fraction of sp³-hybridized carbons (Fsp3) is 0.625. The highest BCUT2D eigenvalue weighted by Gasteiger charge is 2.16.